The van der Waals surface area contributed by atoms with Crippen molar-refractivity contribution in [2.24, 2.45) is 5.92 Å². The molecule has 0 amide bonds. The summed E-state index contributed by atoms with van der Waals surface area (Å²) in [7, 11) is 1.77. The summed E-state index contributed by atoms with van der Waals surface area (Å²) in [5.41, 5.74) is 2.21. The number of hydrogen-bond donors (Lipinski definition) is 1. The maximum absolute atomic E-state index is 9.34. The van der Waals surface area contributed by atoms with Crippen LogP contribution in [0.5, 0.6) is 0 Å². The fourth-order valence-electron chi connectivity index (χ4n) is 2.53. The van der Waals surface area contributed by atoms with Crippen LogP contribution in [0.1, 0.15) is 18.4 Å². The number of benzene rings is 1. The van der Waals surface area contributed by atoms with E-state index >= 15 is 0 Å². The molecule has 0 atom stereocenters. The van der Waals surface area contributed by atoms with E-state index in [0.29, 0.717) is 5.92 Å². The summed E-state index contributed by atoms with van der Waals surface area (Å²) in [6, 6.07) is 8.11. The summed E-state index contributed by atoms with van der Waals surface area (Å²) in [5.74, 6) is 0.692. The van der Waals surface area contributed by atoms with Gasteiger partial charge in [-0.1, -0.05) is 18.2 Å². The second-order valence-corrected chi connectivity index (χ2v) is 4.67. The Balaban J connectivity index is 2.00. The molecule has 0 unspecified atom stereocenters. The fourth-order valence-corrected chi connectivity index (χ4v) is 2.53. The maximum atomic E-state index is 9.34. The van der Waals surface area contributed by atoms with Crippen LogP contribution in [-0.2, 0) is 11.3 Å². The highest BCUT2D eigenvalue weighted by Crippen LogP contribution is 2.26. The molecule has 1 saturated heterocycles. The predicted molar refractivity (Wildman–Crippen MR) is 69.2 cm³/mol. The van der Waals surface area contributed by atoms with E-state index in [0.717, 1.165) is 25.3 Å². The molecule has 3 nitrogen and oxygen atoms in total. The maximum Gasteiger partial charge on any atom is 0.0702 e. The number of piperidine rings is 1. The van der Waals surface area contributed by atoms with Gasteiger partial charge in [-0.05, 0) is 24.8 Å². The molecule has 0 spiro atoms. The molecule has 1 fully saturated rings. The van der Waals surface area contributed by atoms with Crippen LogP contribution in [-0.4, -0.2) is 31.9 Å². The first-order valence-corrected chi connectivity index (χ1v) is 6.27. The molecule has 0 aliphatic carbocycles. The van der Waals surface area contributed by atoms with Gasteiger partial charge in [0.25, 0.3) is 0 Å². The molecule has 1 aromatic carbocycles. The number of anilines is 1. The highest BCUT2D eigenvalue weighted by Gasteiger charge is 2.20. The van der Waals surface area contributed by atoms with Crippen LogP contribution in [0, 0.1) is 5.92 Å². The number of ether oxygens (including phenoxy) is 1. The van der Waals surface area contributed by atoms with Crippen LogP contribution in [0.25, 0.3) is 0 Å². The van der Waals surface area contributed by atoms with Crippen molar-refractivity contribution in [1.29, 1.82) is 0 Å². The monoisotopic (exact) mass is 235 g/mol. The van der Waals surface area contributed by atoms with Gasteiger partial charge in [-0.3, -0.25) is 0 Å². The Labute approximate surface area is 103 Å². The standard InChI is InChI=1S/C14H21NO2/c1-17-11-12-6-8-15(9-7-12)14-5-3-2-4-13(14)10-16/h2-5,12,16H,6-11H2,1H3. The predicted octanol–water partition coefficient (Wildman–Crippen LogP) is 2.04. The second-order valence-electron chi connectivity index (χ2n) is 4.67. The molecule has 17 heavy (non-hydrogen) atoms. The van der Waals surface area contributed by atoms with Crippen LogP contribution in [0.15, 0.2) is 24.3 Å². The van der Waals surface area contributed by atoms with Gasteiger partial charge in [0.15, 0.2) is 0 Å². The molecule has 0 saturated carbocycles. The minimum absolute atomic E-state index is 0.119. The number of aliphatic hydroxyl groups excluding tert-OH is 1. The van der Waals surface area contributed by atoms with E-state index in [2.05, 4.69) is 11.0 Å². The number of nitrogens with zero attached hydrogens (tertiary/aromatic N) is 1. The largest absolute Gasteiger partial charge is 0.392 e. The van der Waals surface area contributed by atoms with Crippen molar-refractivity contribution in [3.8, 4) is 0 Å². The topological polar surface area (TPSA) is 32.7 Å². The number of aliphatic hydroxyl groups is 1. The molecule has 1 aliphatic heterocycles. The van der Waals surface area contributed by atoms with Gasteiger partial charge in [-0.15, -0.1) is 0 Å². The summed E-state index contributed by atoms with van der Waals surface area (Å²) >= 11 is 0. The van der Waals surface area contributed by atoms with E-state index in [1.165, 1.54) is 18.5 Å². The van der Waals surface area contributed by atoms with Gasteiger partial charge in [0, 0.05) is 38.1 Å². The lowest BCUT2D eigenvalue weighted by molar-refractivity contribution is 0.139. The smallest absolute Gasteiger partial charge is 0.0702 e. The van der Waals surface area contributed by atoms with Crippen LogP contribution in [0.2, 0.25) is 0 Å². The lowest BCUT2D eigenvalue weighted by Gasteiger charge is -2.34. The molecule has 0 aromatic heterocycles. The van der Waals surface area contributed by atoms with Gasteiger partial charge in [0.05, 0.1) is 6.61 Å². The van der Waals surface area contributed by atoms with E-state index < -0.39 is 0 Å². The molecular weight excluding hydrogens is 214 g/mol. The molecule has 1 aliphatic rings. The quantitative estimate of drug-likeness (QED) is 0.867. The Morgan fingerprint density at radius 1 is 1.29 bits per heavy atom. The average molecular weight is 235 g/mol. The molecular formula is C14H21NO2. The van der Waals surface area contributed by atoms with Gasteiger partial charge in [0.2, 0.25) is 0 Å². The third kappa shape index (κ3) is 2.99. The van der Waals surface area contributed by atoms with Crippen LogP contribution >= 0.6 is 0 Å². The zero-order valence-corrected chi connectivity index (χ0v) is 10.4. The van der Waals surface area contributed by atoms with Gasteiger partial charge < -0.3 is 14.7 Å². The second kappa shape index (κ2) is 6.03. The van der Waals surface area contributed by atoms with E-state index in [1.54, 1.807) is 7.11 Å². The third-order valence-electron chi connectivity index (χ3n) is 3.52. The highest BCUT2D eigenvalue weighted by atomic mass is 16.5. The van der Waals surface area contributed by atoms with Crippen molar-refractivity contribution in [2.45, 2.75) is 19.4 Å². The Bertz CT molecular complexity index is 346. The molecule has 0 radical (unpaired) electrons. The van der Waals surface area contributed by atoms with E-state index in [9.17, 15) is 5.11 Å². The van der Waals surface area contributed by atoms with Crippen LogP contribution in [0.3, 0.4) is 0 Å². The third-order valence-corrected chi connectivity index (χ3v) is 3.52. The molecule has 2 rings (SSSR count). The summed E-state index contributed by atoms with van der Waals surface area (Å²) in [5, 5.41) is 9.34. The van der Waals surface area contributed by atoms with Crippen molar-refractivity contribution >= 4 is 5.69 Å². The van der Waals surface area contributed by atoms with E-state index in [4.69, 9.17) is 4.74 Å². The van der Waals surface area contributed by atoms with Gasteiger partial charge >= 0.3 is 0 Å². The molecule has 1 aromatic rings. The van der Waals surface area contributed by atoms with Crippen molar-refractivity contribution in [1.82, 2.24) is 0 Å². The fraction of sp³-hybridized carbons (Fsp3) is 0.571. The van der Waals surface area contributed by atoms with E-state index in [-0.39, 0.29) is 6.61 Å². The van der Waals surface area contributed by atoms with Crippen molar-refractivity contribution < 1.29 is 9.84 Å². The molecule has 1 N–H and O–H groups in total. The summed E-state index contributed by atoms with van der Waals surface area (Å²) in [6.07, 6.45) is 2.35. The van der Waals surface area contributed by atoms with Crippen molar-refractivity contribution in [3.63, 3.8) is 0 Å². The molecule has 1 heterocycles. The van der Waals surface area contributed by atoms with Gasteiger partial charge in [-0.2, -0.15) is 0 Å². The summed E-state index contributed by atoms with van der Waals surface area (Å²) < 4.78 is 5.21. The Morgan fingerprint density at radius 2 is 2.00 bits per heavy atom. The van der Waals surface area contributed by atoms with Crippen LogP contribution in [0.4, 0.5) is 5.69 Å². The zero-order chi connectivity index (χ0) is 12.1. The van der Waals surface area contributed by atoms with Gasteiger partial charge in [0.1, 0.15) is 0 Å². The normalized spacial score (nSPS) is 17.4. The first kappa shape index (κ1) is 12.4. The number of para-hydroxylation sites is 1. The SMILES string of the molecule is COCC1CCN(c2ccccc2CO)CC1. The molecule has 0 bridgehead atoms. The average Bonchev–Trinajstić information content (AvgIpc) is 2.40. The summed E-state index contributed by atoms with van der Waals surface area (Å²) in [4.78, 5) is 2.37. The van der Waals surface area contributed by atoms with Crippen molar-refractivity contribution in [3.05, 3.63) is 29.8 Å². The lowest BCUT2D eigenvalue weighted by Crippen LogP contribution is -2.35. The summed E-state index contributed by atoms with van der Waals surface area (Å²) in [6.45, 7) is 3.11. The Morgan fingerprint density at radius 3 is 2.65 bits per heavy atom. The number of rotatable bonds is 4. The first-order valence-electron chi connectivity index (χ1n) is 6.27. The lowest BCUT2D eigenvalue weighted by atomic mass is 9.97. The zero-order valence-electron chi connectivity index (χ0n) is 10.4. The Hall–Kier alpha value is -1.06. The highest BCUT2D eigenvalue weighted by molar-refractivity contribution is 5.53. The minimum atomic E-state index is 0.119. The Kier molecular flexibility index (Phi) is 4.40. The number of methoxy groups -OCH3 is 1. The molecule has 3 heteroatoms. The van der Waals surface area contributed by atoms with Crippen molar-refractivity contribution in [2.75, 3.05) is 31.7 Å². The van der Waals surface area contributed by atoms with Gasteiger partial charge in [-0.25, -0.2) is 0 Å². The molecule has 94 valence electrons. The first-order chi connectivity index (χ1) is 8.35. The van der Waals surface area contributed by atoms with Crippen LogP contribution < -0.4 is 4.90 Å². The number of hydrogen-bond acceptors (Lipinski definition) is 3. The minimum Gasteiger partial charge on any atom is -0.392 e. The van der Waals surface area contributed by atoms with E-state index in [1.807, 2.05) is 18.2 Å².